The van der Waals surface area contributed by atoms with Crippen LogP contribution in [-0.2, 0) is 0 Å². The molecule has 96 valence electrons. The molecule has 0 spiro atoms. The van der Waals surface area contributed by atoms with Gasteiger partial charge in [0.2, 0.25) is 0 Å². The van der Waals surface area contributed by atoms with E-state index < -0.39 is 0 Å². The molecule has 0 saturated heterocycles. The lowest BCUT2D eigenvalue weighted by atomic mass is 9.78. The van der Waals surface area contributed by atoms with E-state index in [2.05, 4.69) is 32.8 Å². The van der Waals surface area contributed by atoms with E-state index in [0.717, 1.165) is 12.1 Å². The third-order valence-electron chi connectivity index (χ3n) is 4.21. The summed E-state index contributed by atoms with van der Waals surface area (Å²) in [5, 5.41) is 14.9. The molecule has 1 heterocycles. The van der Waals surface area contributed by atoms with Gasteiger partial charge in [-0.2, -0.15) is 5.10 Å². The van der Waals surface area contributed by atoms with Gasteiger partial charge in [0, 0.05) is 12.2 Å². The largest absolute Gasteiger partial charge is 0.387 e. The Kier molecular flexibility index (Phi) is 3.30. The molecule has 0 radical (unpaired) electrons. The molecule has 3 nitrogen and oxygen atoms in total. The molecule has 0 aliphatic heterocycles. The van der Waals surface area contributed by atoms with Crippen LogP contribution in [0.2, 0.25) is 0 Å². The van der Waals surface area contributed by atoms with Crippen LogP contribution in [0.4, 0.5) is 0 Å². The van der Waals surface area contributed by atoms with Crippen molar-refractivity contribution >= 4 is 0 Å². The van der Waals surface area contributed by atoms with Gasteiger partial charge >= 0.3 is 0 Å². The van der Waals surface area contributed by atoms with Crippen molar-refractivity contribution in [3.8, 4) is 0 Å². The zero-order valence-electron chi connectivity index (χ0n) is 11.3. The lowest BCUT2D eigenvalue weighted by Crippen LogP contribution is -2.26. The summed E-state index contributed by atoms with van der Waals surface area (Å²) in [6, 6.07) is 2.26. The number of aliphatic hydroxyl groups is 1. The molecule has 0 bridgehead atoms. The third kappa shape index (κ3) is 2.25. The van der Waals surface area contributed by atoms with Gasteiger partial charge < -0.3 is 5.11 Å². The Morgan fingerprint density at radius 2 is 2.18 bits per heavy atom. The van der Waals surface area contributed by atoms with Gasteiger partial charge in [0.1, 0.15) is 0 Å². The van der Waals surface area contributed by atoms with E-state index in [-0.39, 0.29) is 11.5 Å². The van der Waals surface area contributed by atoms with Crippen molar-refractivity contribution in [1.29, 1.82) is 0 Å². The summed E-state index contributed by atoms with van der Waals surface area (Å²) in [6.07, 6.45) is 4.98. The highest BCUT2D eigenvalue weighted by Crippen LogP contribution is 2.48. The first kappa shape index (κ1) is 12.6. The molecule has 2 unspecified atom stereocenters. The van der Waals surface area contributed by atoms with Crippen molar-refractivity contribution in [2.45, 2.75) is 59.1 Å². The topological polar surface area (TPSA) is 38.0 Å². The molecule has 3 heteroatoms. The van der Waals surface area contributed by atoms with Gasteiger partial charge in [-0.1, -0.05) is 20.3 Å². The van der Waals surface area contributed by atoms with Crippen LogP contribution < -0.4 is 0 Å². The summed E-state index contributed by atoms with van der Waals surface area (Å²) in [5.41, 5.74) is 1.21. The van der Waals surface area contributed by atoms with Gasteiger partial charge in [0.05, 0.1) is 11.8 Å². The van der Waals surface area contributed by atoms with Crippen LogP contribution in [0.25, 0.3) is 0 Å². The molecule has 0 aromatic carbocycles. The van der Waals surface area contributed by atoms with Crippen LogP contribution in [0.1, 0.15) is 64.8 Å². The Bertz CT molecular complexity index is 381. The molecule has 1 aromatic rings. The molecule has 17 heavy (non-hydrogen) atoms. The van der Waals surface area contributed by atoms with Gasteiger partial charge in [0.15, 0.2) is 0 Å². The molecule has 1 aromatic heterocycles. The summed E-state index contributed by atoms with van der Waals surface area (Å²) in [6.45, 7) is 8.74. The first-order valence-corrected chi connectivity index (χ1v) is 6.65. The zero-order chi connectivity index (χ0) is 12.6. The summed E-state index contributed by atoms with van der Waals surface area (Å²) < 4.78 is 1.94. The van der Waals surface area contributed by atoms with E-state index in [1.165, 1.54) is 12.8 Å². The number of hydrogen-bond donors (Lipinski definition) is 1. The number of rotatable bonds is 3. The van der Waals surface area contributed by atoms with Crippen molar-refractivity contribution in [2.24, 2.45) is 11.3 Å². The third-order valence-corrected chi connectivity index (χ3v) is 4.21. The van der Waals surface area contributed by atoms with E-state index >= 15 is 0 Å². The van der Waals surface area contributed by atoms with Crippen molar-refractivity contribution in [3.05, 3.63) is 18.0 Å². The van der Waals surface area contributed by atoms with Crippen LogP contribution in [0, 0.1) is 11.3 Å². The minimum atomic E-state index is -0.377. The second kappa shape index (κ2) is 4.45. The fraction of sp³-hybridized carbons (Fsp3) is 0.786. The minimum absolute atomic E-state index is 0.242. The van der Waals surface area contributed by atoms with Gasteiger partial charge in [-0.25, -0.2) is 0 Å². The van der Waals surface area contributed by atoms with Crippen molar-refractivity contribution in [1.82, 2.24) is 9.78 Å². The molecule has 1 fully saturated rings. The quantitative estimate of drug-likeness (QED) is 0.874. The number of hydrogen-bond acceptors (Lipinski definition) is 2. The molecule has 1 aliphatic rings. The summed E-state index contributed by atoms with van der Waals surface area (Å²) in [5.74, 6) is 0.358. The van der Waals surface area contributed by atoms with E-state index in [1.807, 2.05) is 10.7 Å². The smallest absolute Gasteiger partial charge is 0.0989 e. The molecule has 1 aliphatic carbocycles. The number of aromatic nitrogens is 2. The maximum Gasteiger partial charge on any atom is 0.0989 e. The highest BCUT2D eigenvalue weighted by Gasteiger charge is 2.40. The van der Waals surface area contributed by atoms with Gasteiger partial charge in [-0.15, -0.1) is 0 Å². The van der Waals surface area contributed by atoms with E-state index in [1.54, 1.807) is 6.20 Å². The summed E-state index contributed by atoms with van der Waals surface area (Å²) in [4.78, 5) is 0. The Hall–Kier alpha value is -0.830. The second-order valence-electron chi connectivity index (χ2n) is 6.23. The molecule has 1 saturated carbocycles. The van der Waals surface area contributed by atoms with Gasteiger partial charge in [0.25, 0.3) is 0 Å². The Morgan fingerprint density at radius 1 is 1.47 bits per heavy atom. The zero-order valence-corrected chi connectivity index (χ0v) is 11.3. The number of aliphatic hydroxyl groups excluding tert-OH is 1. The molecule has 1 N–H and O–H groups in total. The monoisotopic (exact) mass is 236 g/mol. The maximum atomic E-state index is 10.6. The van der Waals surface area contributed by atoms with Crippen LogP contribution in [0.15, 0.2) is 12.3 Å². The molecule has 0 amide bonds. The number of nitrogens with zero attached hydrogens (tertiary/aromatic N) is 2. The van der Waals surface area contributed by atoms with Crippen LogP contribution in [0.5, 0.6) is 0 Å². The minimum Gasteiger partial charge on any atom is -0.387 e. The highest BCUT2D eigenvalue weighted by molar-refractivity contribution is 5.09. The van der Waals surface area contributed by atoms with Gasteiger partial charge in [-0.3, -0.25) is 4.68 Å². The lowest BCUT2D eigenvalue weighted by Gasteiger charge is -2.31. The first-order chi connectivity index (χ1) is 7.93. The van der Waals surface area contributed by atoms with E-state index in [0.29, 0.717) is 12.0 Å². The van der Waals surface area contributed by atoms with E-state index in [9.17, 15) is 5.11 Å². The van der Waals surface area contributed by atoms with Crippen LogP contribution >= 0.6 is 0 Å². The van der Waals surface area contributed by atoms with Gasteiger partial charge in [-0.05, 0) is 44.1 Å². The average Bonchev–Trinajstić information content (AvgIpc) is 2.82. The first-order valence-electron chi connectivity index (χ1n) is 6.65. The predicted octanol–water partition coefficient (Wildman–Crippen LogP) is 3.32. The Morgan fingerprint density at radius 3 is 2.71 bits per heavy atom. The standard InChI is InChI=1S/C14H24N2O/c1-10(2)16-12(7-9-15-16)13(17)11-6-5-8-14(11,3)4/h7,9-11,13,17H,5-6,8H2,1-4H3. The summed E-state index contributed by atoms with van der Waals surface area (Å²) in [7, 11) is 0. The normalized spacial score (nSPS) is 25.4. The molecular formula is C14H24N2O. The second-order valence-corrected chi connectivity index (χ2v) is 6.23. The lowest BCUT2D eigenvalue weighted by molar-refractivity contribution is 0.0454. The van der Waals surface area contributed by atoms with Crippen LogP contribution in [0.3, 0.4) is 0 Å². The maximum absolute atomic E-state index is 10.6. The fourth-order valence-electron chi connectivity index (χ4n) is 3.14. The summed E-state index contributed by atoms with van der Waals surface area (Å²) >= 11 is 0. The predicted molar refractivity (Wildman–Crippen MR) is 68.7 cm³/mol. The van der Waals surface area contributed by atoms with Crippen molar-refractivity contribution < 1.29 is 5.11 Å². The van der Waals surface area contributed by atoms with Crippen molar-refractivity contribution in [2.75, 3.05) is 0 Å². The van der Waals surface area contributed by atoms with Crippen LogP contribution in [-0.4, -0.2) is 14.9 Å². The SMILES string of the molecule is CC(C)n1nccc1C(O)C1CCCC1(C)C. The average molecular weight is 236 g/mol. The Balaban J connectivity index is 2.25. The molecule has 2 rings (SSSR count). The highest BCUT2D eigenvalue weighted by atomic mass is 16.3. The molecule has 2 atom stereocenters. The van der Waals surface area contributed by atoms with Crippen molar-refractivity contribution in [3.63, 3.8) is 0 Å². The van der Waals surface area contributed by atoms with E-state index in [4.69, 9.17) is 0 Å². The Labute approximate surface area is 104 Å². The fourth-order valence-corrected chi connectivity index (χ4v) is 3.14. The molecular weight excluding hydrogens is 212 g/mol.